The third-order valence-electron chi connectivity index (χ3n) is 4.67. The van der Waals surface area contributed by atoms with Crippen molar-refractivity contribution in [2.45, 2.75) is 58.0 Å². The van der Waals surface area contributed by atoms with Gasteiger partial charge in [0.2, 0.25) is 0 Å². The molecule has 0 fully saturated rings. The Hall–Kier alpha value is -1.60. The minimum absolute atomic E-state index is 0.216. The maximum Gasteiger partial charge on any atom is 0.0512 e. The number of benzene rings is 2. The van der Waals surface area contributed by atoms with Gasteiger partial charge in [0.15, 0.2) is 0 Å². The molecule has 2 atom stereocenters. The zero-order valence-electron chi connectivity index (χ0n) is 14.5. The van der Waals surface area contributed by atoms with E-state index in [0.717, 1.165) is 12.8 Å². The summed E-state index contributed by atoms with van der Waals surface area (Å²) in [6.45, 7) is 4.16. The molecule has 23 heavy (non-hydrogen) atoms. The molecule has 0 amide bonds. The third kappa shape index (κ3) is 5.51. The van der Waals surface area contributed by atoms with E-state index in [4.69, 9.17) is 0 Å². The fourth-order valence-corrected chi connectivity index (χ4v) is 3.46. The summed E-state index contributed by atoms with van der Waals surface area (Å²) < 4.78 is 0. The first-order chi connectivity index (χ1) is 11.2. The number of hydrogen-bond donors (Lipinski definition) is 1. The second-order valence-electron chi connectivity index (χ2n) is 6.63. The molecule has 0 aliphatic heterocycles. The van der Waals surface area contributed by atoms with Crippen LogP contribution in [-0.4, -0.2) is 11.2 Å². The van der Waals surface area contributed by atoms with E-state index in [1.807, 2.05) is 6.92 Å². The Morgan fingerprint density at radius 2 is 1.30 bits per heavy atom. The quantitative estimate of drug-likeness (QED) is 0.622. The Labute approximate surface area is 141 Å². The summed E-state index contributed by atoms with van der Waals surface area (Å²) in [5.74, 6) is 0.997. The summed E-state index contributed by atoms with van der Waals surface area (Å²) >= 11 is 0. The van der Waals surface area contributed by atoms with Crippen LogP contribution in [0.5, 0.6) is 0 Å². The third-order valence-corrected chi connectivity index (χ3v) is 4.67. The van der Waals surface area contributed by atoms with E-state index >= 15 is 0 Å². The highest BCUT2D eigenvalue weighted by molar-refractivity contribution is 5.33. The van der Waals surface area contributed by atoms with Crippen LogP contribution >= 0.6 is 0 Å². The van der Waals surface area contributed by atoms with E-state index in [2.05, 4.69) is 67.6 Å². The van der Waals surface area contributed by atoms with Gasteiger partial charge >= 0.3 is 0 Å². The first-order valence-electron chi connectivity index (χ1n) is 9.00. The van der Waals surface area contributed by atoms with Crippen LogP contribution in [0, 0.1) is 5.92 Å². The topological polar surface area (TPSA) is 20.2 Å². The smallest absolute Gasteiger partial charge is 0.0512 e. The Bertz CT molecular complexity index is 493. The molecule has 1 heteroatoms. The summed E-state index contributed by atoms with van der Waals surface area (Å²) in [7, 11) is 0. The lowest BCUT2D eigenvalue weighted by Crippen LogP contribution is -2.17. The second-order valence-corrected chi connectivity index (χ2v) is 6.63. The fraction of sp³-hybridized carbons (Fsp3) is 0.455. The van der Waals surface area contributed by atoms with Gasteiger partial charge in [-0.2, -0.15) is 0 Å². The van der Waals surface area contributed by atoms with Crippen LogP contribution in [0.4, 0.5) is 0 Å². The van der Waals surface area contributed by atoms with Gasteiger partial charge in [0.25, 0.3) is 0 Å². The van der Waals surface area contributed by atoms with Gasteiger partial charge in [-0.3, -0.25) is 0 Å². The van der Waals surface area contributed by atoms with E-state index in [-0.39, 0.29) is 6.10 Å². The minimum atomic E-state index is -0.216. The van der Waals surface area contributed by atoms with Gasteiger partial charge in [0, 0.05) is 5.92 Å². The van der Waals surface area contributed by atoms with Crippen molar-refractivity contribution in [2.75, 3.05) is 0 Å². The molecule has 0 aromatic heterocycles. The van der Waals surface area contributed by atoms with Crippen molar-refractivity contribution in [3.8, 4) is 0 Å². The van der Waals surface area contributed by atoms with E-state index in [9.17, 15) is 5.11 Å². The Balaban J connectivity index is 2.31. The Morgan fingerprint density at radius 3 is 1.74 bits per heavy atom. The van der Waals surface area contributed by atoms with Crippen LogP contribution in [0.15, 0.2) is 60.7 Å². The molecule has 124 valence electrons. The summed E-state index contributed by atoms with van der Waals surface area (Å²) in [5, 5.41) is 9.75. The van der Waals surface area contributed by atoms with Crippen molar-refractivity contribution in [1.29, 1.82) is 0 Å². The summed E-state index contributed by atoms with van der Waals surface area (Å²) in [5.41, 5.74) is 2.79. The van der Waals surface area contributed by atoms with Crippen LogP contribution in [0.3, 0.4) is 0 Å². The number of unbranched alkanes of at least 4 members (excludes halogenated alkanes) is 1. The van der Waals surface area contributed by atoms with Crippen LogP contribution in [0.1, 0.15) is 63.0 Å². The molecule has 0 heterocycles. The monoisotopic (exact) mass is 310 g/mol. The van der Waals surface area contributed by atoms with Crippen molar-refractivity contribution in [2.24, 2.45) is 5.92 Å². The number of aliphatic hydroxyl groups is 1. The molecule has 0 saturated carbocycles. The molecule has 2 aromatic rings. The normalized spacial score (nSPS) is 13.9. The molecule has 0 spiro atoms. The van der Waals surface area contributed by atoms with E-state index in [1.54, 1.807) is 0 Å². The van der Waals surface area contributed by atoms with Crippen molar-refractivity contribution in [3.63, 3.8) is 0 Å². The first-order valence-corrected chi connectivity index (χ1v) is 9.00. The number of aliphatic hydroxyl groups excluding tert-OH is 1. The molecule has 1 nitrogen and oxygen atoms in total. The molecule has 0 bridgehead atoms. The second kappa shape index (κ2) is 9.52. The largest absolute Gasteiger partial charge is 0.393 e. The SMILES string of the molecule is CCCCC(CCC(C)O)C(c1ccccc1)c1ccccc1. The number of hydrogen-bond acceptors (Lipinski definition) is 1. The molecule has 1 N–H and O–H groups in total. The van der Waals surface area contributed by atoms with Crippen molar-refractivity contribution >= 4 is 0 Å². The maximum atomic E-state index is 9.75. The van der Waals surface area contributed by atoms with Crippen molar-refractivity contribution in [3.05, 3.63) is 71.8 Å². The van der Waals surface area contributed by atoms with Gasteiger partial charge in [-0.15, -0.1) is 0 Å². The van der Waals surface area contributed by atoms with Crippen molar-refractivity contribution < 1.29 is 5.11 Å². The fourth-order valence-electron chi connectivity index (χ4n) is 3.46. The van der Waals surface area contributed by atoms with Gasteiger partial charge in [-0.1, -0.05) is 80.4 Å². The lowest BCUT2D eigenvalue weighted by molar-refractivity contribution is 0.169. The zero-order chi connectivity index (χ0) is 16.5. The average molecular weight is 310 g/mol. The molecule has 0 aliphatic carbocycles. The predicted octanol–water partition coefficient (Wildman–Crippen LogP) is 5.79. The lowest BCUT2D eigenvalue weighted by Gasteiger charge is -2.29. The van der Waals surface area contributed by atoms with Crippen molar-refractivity contribution in [1.82, 2.24) is 0 Å². The van der Waals surface area contributed by atoms with Gasteiger partial charge < -0.3 is 5.11 Å². The van der Waals surface area contributed by atoms with Crippen LogP contribution in [-0.2, 0) is 0 Å². The molecule has 0 radical (unpaired) electrons. The maximum absolute atomic E-state index is 9.75. The molecule has 0 aliphatic rings. The van der Waals surface area contributed by atoms with E-state index in [0.29, 0.717) is 11.8 Å². The van der Waals surface area contributed by atoms with Gasteiger partial charge in [0.05, 0.1) is 6.10 Å². The average Bonchev–Trinajstić information content (AvgIpc) is 2.59. The highest BCUT2D eigenvalue weighted by Crippen LogP contribution is 2.37. The molecular formula is C22H30O. The van der Waals surface area contributed by atoms with Gasteiger partial charge in [-0.25, -0.2) is 0 Å². The van der Waals surface area contributed by atoms with Gasteiger partial charge in [-0.05, 0) is 43.2 Å². The molecule has 2 unspecified atom stereocenters. The highest BCUT2D eigenvalue weighted by Gasteiger charge is 2.24. The Kier molecular flexibility index (Phi) is 7.35. The van der Waals surface area contributed by atoms with E-state index in [1.165, 1.54) is 30.4 Å². The summed E-state index contributed by atoms with van der Waals surface area (Å²) in [4.78, 5) is 0. The summed E-state index contributed by atoms with van der Waals surface area (Å²) in [6, 6.07) is 21.7. The predicted molar refractivity (Wildman–Crippen MR) is 98.7 cm³/mol. The molecular weight excluding hydrogens is 280 g/mol. The minimum Gasteiger partial charge on any atom is -0.393 e. The highest BCUT2D eigenvalue weighted by atomic mass is 16.3. The molecule has 2 rings (SSSR count). The van der Waals surface area contributed by atoms with Crippen LogP contribution in [0.2, 0.25) is 0 Å². The first kappa shape index (κ1) is 17.7. The van der Waals surface area contributed by atoms with Gasteiger partial charge in [0.1, 0.15) is 0 Å². The standard InChI is InChI=1S/C22H30O/c1-3-4-11-21(17-16-18(2)23)22(19-12-7-5-8-13-19)20-14-9-6-10-15-20/h5-10,12-15,18,21-23H,3-4,11,16-17H2,1-2H3. The molecule has 0 saturated heterocycles. The number of rotatable bonds is 9. The van der Waals surface area contributed by atoms with E-state index < -0.39 is 0 Å². The van der Waals surface area contributed by atoms with Crippen LogP contribution < -0.4 is 0 Å². The summed E-state index contributed by atoms with van der Waals surface area (Å²) in [6.07, 6.45) is 5.43. The van der Waals surface area contributed by atoms with Crippen LogP contribution in [0.25, 0.3) is 0 Å². The molecule has 2 aromatic carbocycles. The lowest BCUT2D eigenvalue weighted by atomic mass is 9.76. The Morgan fingerprint density at radius 1 is 0.783 bits per heavy atom. The zero-order valence-corrected chi connectivity index (χ0v) is 14.5.